The molecule has 0 aromatic heterocycles. The first-order chi connectivity index (χ1) is 13.8. The molecule has 1 aliphatic carbocycles. The van der Waals surface area contributed by atoms with E-state index in [-0.39, 0.29) is 33.0 Å². The van der Waals surface area contributed by atoms with Gasteiger partial charge in [-0.25, -0.2) is 4.79 Å². The number of nitrogens with one attached hydrogen (secondary N) is 1. The van der Waals surface area contributed by atoms with E-state index in [1.165, 1.54) is 0 Å². The lowest BCUT2D eigenvalue weighted by atomic mass is 10.1. The molecule has 2 atom stereocenters. The average Bonchev–Trinajstić information content (AvgIpc) is 3.17. The second-order valence-corrected chi connectivity index (χ2v) is 9.62. The van der Waals surface area contributed by atoms with E-state index in [2.05, 4.69) is 5.32 Å². The number of carbonyl (C=O) groups is 2. The zero-order valence-corrected chi connectivity index (χ0v) is 17.5. The number of nitrogens with two attached hydrogens (primary N) is 1. The molecule has 1 saturated carbocycles. The highest BCUT2D eigenvalue weighted by Gasteiger charge is 2.53. The summed E-state index contributed by atoms with van der Waals surface area (Å²) in [5.74, 6) is -1.64. The van der Waals surface area contributed by atoms with Crippen molar-refractivity contribution in [2.24, 2.45) is 5.73 Å². The third-order valence-electron chi connectivity index (χ3n) is 5.29. The molecule has 0 heterocycles. The molecule has 9 heteroatoms. The van der Waals surface area contributed by atoms with Crippen molar-refractivity contribution in [3.63, 3.8) is 0 Å². The molecular formula is C20H33N2O6P. The summed E-state index contributed by atoms with van der Waals surface area (Å²) in [6.45, 7) is 0.407. The Morgan fingerprint density at radius 2 is 1.90 bits per heavy atom. The Hall–Kier alpha value is -1.73. The first-order valence-corrected chi connectivity index (χ1v) is 11.7. The van der Waals surface area contributed by atoms with Crippen LogP contribution in [0.1, 0.15) is 58.4 Å². The van der Waals surface area contributed by atoms with Crippen LogP contribution in [0, 0.1) is 0 Å². The van der Waals surface area contributed by atoms with Crippen LogP contribution in [0.25, 0.3) is 0 Å². The van der Waals surface area contributed by atoms with E-state index >= 15 is 0 Å². The number of carboxylic acids is 1. The number of carboxylic acid groups (broad SMARTS) is 1. The molecule has 29 heavy (non-hydrogen) atoms. The monoisotopic (exact) mass is 428 g/mol. The maximum absolute atomic E-state index is 13.1. The molecule has 2 rings (SSSR count). The lowest BCUT2D eigenvalue weighted by Crippen LogP contribution is -2.47. The van der Waals surface area contributed by atoms with Gasteiger partial charge in [-0.05, 0) is 50.6 Å². The van der Waals surface area contributed by atoms with Gasteiger partial charge in [0.05, 0.1) is 0 Å². The van der Waals surface area contributed by atoms with Crippen molar-refractivity contribution in [1.29, 1.82) is 0 Å². The van der Waals surface area contributed by atoms with Gasteiger partial charge in [0.25, 0.3) is 0 Å². The van der Waals surface area contributed by atoms with Crippen LogP contribution in [-0.2, 0) is 25.1 Å². The molecule has 1 fully saturated rings. The van der Waals surface area contributed by atoms with Crippen LogP contribution in [0.5, 0.6) is 0 Å². The number of amides is 1. The molecule has 1 aromatic carbocycles. The van der Waals surface area contributed by atoms with Gasteiger partial charge in [-0.2, -0.15) is 0 Å². The molecule has 2 unspecified atom stereocenters. The van der Waals surface area contributed by atoms with Gasteiger partial charge in [0.2, 0.25) is 5.91 Å². The molecule has 0 radical (unpaired) electrons. The molecule has 0 aliphatic heterocycles. The maximum atomic E-state index is 13.1. The van der Waals surface area contributed by atoms with Gasteiger partial charge in [-0.15, -0.1) is 0 Å². The number of carbonyl (C=O) groups excluding carboxylic acids is 1. The van der Waals surface area contributed by atoms with Crippen molar-refractivity contribution in [2.75, 3.05) is 6.54 Å². The van der Waals surface area contributed by atoms with E-state index < -0.39 is 24.9 Å². The Balaban J connectivity index is 0.00000450. The van der Waals surface area contributed by atoms with E-state index in [0.29, 0.717) is 38.6 Å². The lowest BCUT2D eigenvalue weighted by molar-refractivity contribution is -0.146. The van der Waals surface area contributed by atoms with E-state index in [0.717, 1.165) is 5.56 Å². The van der Waals surface area contributed by atoms with Crippen molar-refractivity contribution in [1.82, 2.24) is 5.32 Å². The average molecular weight is 428 g/mol. The van der Waals surface area contributed by atoms with Crippen molar-refractivity contribution in [3.8, 4) is 0 Å². The highest BCUT2D eigenvalue weighted by atomic mass is 31.2. The fourth-order valence-corrected chi connectivity index (χ4v) is 5.52. The van der Waals surface area contributed by atoms with Crippen LogP contribution in [0.2, 0.25) is 0 Å². The smallest absolute Gasteiger partial charge is 0.354 e. The molecule has 1 amide bonds. The third kappa shape index (κ3) is 6.64. The van der Waals surface area contributed by atoms with E-state index in [4.69, 9.17) is 10.3 Å². The molecule has 1 aliphatic rings. The number of aryl methyl sites for hydroxylation is 1. The van der Waals surface area contributed by atoms with Gasteiger partial charge in [0.1, 0.15) is 5.28 Å². The highest BCUT2D eigenvalue weighted by molar-refractivity contribution is 7.54. The number of aliphatic carboxylic acids is 1. The third-order valence-corrected chi connectivity index (χ3v) is 7.47. The minimum absolute atomic E-state index is 0. The largest absolute Gasteiger partial charge is 0.479 e. The zero-order valence-electron chi connectivity index (χ0n) is 16.6. The minimum Gasteiger partial charge on any atom is -0.479 e. The van der Waals surface area contributed by atoms with Crippen molar-refractivity contribution in [3.05, 3.63) is 35.9 Å². The van der Waals surface area contributed by atoms with Crippen molar-refractivity contribution in [2.45, 2.75) is 69.2 Å². The number of benzene rings is 1. The van der Waals surface area contributed by atoms with E-state index in [9.17, 15) is 24.2 Å². The molecule has 0 spiro atoms. The minimum atomic E-state index is -4.42. The van der Waals surface area contributed by atoms with Crippen LogP contribution in [0.15, 0.2) is 30.3 Å². The van der Waals surface area contributed by atoms with Gasteiger partial charge >= 0.3 is 13.6 Å². The number of unbranched alkanes of at least 4 members (excludes halogenated alkanes) is 1. The van der Waals surface area contributed by atoms with Crippen LogP contribution in [0.3, 0.4) is 0 Å². The first kappa shape index (κ1) is 23.5. The quantitative estimate of drug-likeness (QED) is 0.296. The van der Waals surface area contributed by atoms with E-state index in [1.54, 1.807) is 0 Å². The van der Waals surface area contributed by atoms with Gasteiger partial charge in [-0.3, -0.25) is 13.9 Å². The first-order valence-electron chi connectivity index (χ1n) is 10.1. The normalized spacial score (nSPS) is 18.7. The van der Waals surface area contributed by atoms with E-state index in [1.807, 2.05) is 30.3 Å². The Morgan fingerprint density at radius 3 is 2.48 bits per heavy atom. The Bertz CT molecular complexity index is 727. The Labute approximate surface area is 172 Å². The van der Waals surface area contributed by atoms with Crippen LogP contribution < -0.4 is 11.1 Å². The predicted octanol–water partition coefficient (Wildman–Crippen LogP) is 3.04. The summed E-state index contributed by atoms with van der Waals surface area (Å²) in [6.07, 6.45) is 2.34. The van der Waals surface area contributed by atoms with Crippen LogP contribution in [0.4, 0.5) is 0 Å². The van der Waals surface area contributed by atoms with Gasteiger partial charge in [0.15, 0.2) is 6.10 Å². The van der Waals surface area contributed by atoms with Crippen molar-refractivity contribution < 1.29 is 30.1 Å². The summed E-state index contributed by atoms with van der Waals surface area (Å²) in [5.41, 5.74) is 6.42. The summed E-state index contributed by atoms with van der Waals surface area (Å²) in [6, 6.07) is 9.49. The summed E-state index contributed by atoms with van der Waals surface area (Å²) >= 11 is 0. The fourth-order valence-electron chi connectivity index (χ4n) is 3.63. The van der Waals surface area contributed by atoms with Gasteiger partial charge in [0, 0.05) is 7.85 Å². The zero-order chi connectivity index (χ0) is 21.3. The van der Waals surface area contributed by atoms with Gasteiger partial charge < -0.3 is 21.1 Å². The molecule has 164 valence electrons. The number of hydrogen-bond acceptors (Lipinski definition) is 5. The van der Waals surface area contributed by atoms with Gasteiger partial charge in [-0.1, -0.05) is 43.2 Å². The summed E-state index contributed by atoms with van der Waals surface area (Å²) < 4.78 is 18.4. The second-order valence-electron chi connectivity index (χ2n) is 7.51. The molecular weight excluding hydrogens is 395 g/mol. The SMILES string of the molecule is NCCCCC(OP(=O)(O)C1(NC(=O)CCc2ccccc2)CCCC1)C(=O)O.[HH]. The van der Waals surface area contributed by atoms with Crippen molar-refractivity contribution >= 4 is 19.5 Å². The summed E-state index contributed by atoms with van der Waals surface area (Å²) in [5, 5.41) is 10.7. The van der Waals surface area contributed by atoms with Crippen LogP contribution in [-0.4, -0.2) is 39.8 Å². The summed E-state index contributed by atoms with van der Waals surface area (Å²) in [4.78, 5) is 34.7. The number of hydrogen-bond donors (Lipinski definition) is 4. The standard InChI is InChI=1S/C20H31N2O6P.H2/c21-15-7-4-10-17(19(24)25)28-29(26,27)20(13-5-6-14-20)22-18(23)12-11-16-8-2-1-3-9-16;/h1-3,8-9,17H,4-7,10-15,21H2,(H,22,23)(H,24,25)(H,26,27);1H. The lowest BCUT2D eigenvalue weighted by Gasteiger charge is -2.35. The molecule has 1 aromatic rings. The maximum Gasteiger partial charge on any atom is 0.354 e. The summed E-state index contributed by atoms with van der Waals surface area (Å²) in [7, 11) is -4.42. The Morgan fingerprint density at radius 1 is 1.24 bits per heavy atom. The fraction of sp³-hybridized carbons (Fsp3) is 0.600. The van der Waals surface area contributed by atoms with Crippen LogP contribution >= 0.6 is 7.60 Å². The molecule has 0 bridgehead atoms. The number of rotatable bonds is 12. The predicted molar refractivity (Wildman–Crippen MR) is 111 cm³/mol. The molecule has 0 saturated heterocycles. The topological polar surface area (TPSA) is 139 Å². The molecule has 8 nitrogen and oxygen atoms in total. The molecule has 5 N–H and O–H groups in total. The Kier molecular flexibility index (Phi) is 8.83. The highest BCUT2D eigenvalue weighted by Crippen LogP contribution is 2.61. The second kappa shape index (κ2) is 10.9.